The lowest BCUT2D eigenvalue weighted by atomic mass is 10.1. The number of fused-ring (bicyclic) bond motifs is 1. The highest BCUT2D eigenvalue weighted by Crippen LogP contribution is 2.31. The van der Waals surface area contributed by atoms with Crippen molar-refractivity contribution in [3.8, 4) is 0 Å². The standard InChI is InChI=1S/C21H19N5O5S2/c22-33(30,31)16-4-1-3-14(11-16)23-20-17-5-2-6-18(17)24-21(25-20)32-12-19(27)13-7-9-15(10-8-13)26(28)29/h1,3-4,7-11H,2,5-6,12H2,(H2,22,30,31)(H,23,24,25). The molecule has 0 unspecified atom stereocenters. The number of Topliss-reactive ketones (excluding diaryl/α,β-unsaturated/α-hetero) is 1. The normalized spacial score (nSPS) is 12.9. The van der Waals surface area contributed by atoms with Crippen molar-refractivity contribution in [3.63, 3.8) is 0 Å². The van der Waals surface area contributed by atoms with Gasteiger partial charge in [0, 0.05) is 28.9 Å². The number of benzene rings is 2. The van der Waals surface area contributed by atoms with E-state index in [2.05, 4.69) is 15.3 Å². The van der Waals surface area contributed by atoms with Gasteiger partial charge < -0.3 is 5.32 Å². The van der Waals surface area contributed by atoms with Gasteiger partial charge in [0.1, 0.15) is 5.82 Å². The third kappa shape index (κ3) is 5.35. The lowest BCUT2D eigenvalue weighted by Gasteiger charge is -2.12. The number of rotatable bonds is 8. The average molecular weight is 486 g/mol. The number of hydrogen-bond donors (Lipinski definition) is 2. The Bertz CT molecular complexity index is 1340. The first kappa shape index (κ1) is 22.8. The molecule has 0 atom stereocenters. The quantitative estimate of drug-likeness (QED) is 0.161. The molecule has 170 valence electrons. The highest BCUT2D eigenvalue weighted by Gasteiger charge is 2.21. The summed E-state index contributed by atoms with van der Waals surface area (Å²) in [6.45, 7) is 0. The summed E-state index contributed by atoms with van der Waals surface area (Å²) in [5, 5.41) is 19.6. The number of nitrogens with two attached hydrogens (primary N) is 1. The number of anilines is 2. The molecular formula is C21H19N5O5S2. The van der Waals surface area contributed by atoms with Crippen LogP contribution in [0.3, 0.4) is 0 Å². The van der Waals surface area contributed by atoms with Gasteiger partial charge in [-0.3, -0.25) is 14.9 Å². The number of carbonyl (C=O) groups excluding carboxylic acids is 1. The largest absolute Gasteiger partial charge is 0.340 e. The number of sulfonamides is 1. The van der Waals surface area contributed by atoms with Gasteiger partial charge in [-0.25, -0.2) is 23.5 Å². The zero-order valence-electron chi connectivity index (χ0n) is 17.2. The van der Waals surface area contributed by atoms with Crippen molar-refractivity contribution in [1.82, 2.24) is 9.97 Å². The molecule has 1 aromatic heterocycles. The Kier molecular flexibility index (Phi) is 6.40. The molecule has 1 heterocycles. The van der Waals surface area contributed by atoms with Gasteiger partial charge >= 0.3 is 0 Å². The van der Waals surface area contributed by atoms with E-state index in [4.69, 9.17) is 5.14 Å². The fraction of sp³-hybridized carbons (Fsp3) is 0.190. The van der Waals surface area contributed by atoms with E-state index in [-0.39, 0.29) is 22.1 Å². The van der Waals surface area contributed by atoms with Crippen molar-refractivity contribution in [2.75, 3.05) is 11.1 Å². The van der Waals surface area contributed by atoms with Crippen molar-refractivity contribution in [2.24, 2.45) is 5.14 Å². The number of non-ortho nitro benzene ring substituents is 1. The fourth-order valence-electron chi connectivity index (χ4n) is 3.45. The molecule has 3 aromatic rings. The van der Waals surface area contributed by atoms with E-state index in [0.29, 0.717) is 22.2 Å². The number of primary sulfonamides is 1. The van der Waals surface area contributed by atoms with Crippen molar-refractivity contribution in [2.45, 2.75) is 29.3 Å². The van der Waals surface area contributed by atoms with Gasteiger partial charge in [0.15, 0.2) is 10.9 Å². The second kappa shape index (κ2) is 9.25. The van der Waals surface area contributed by atoms with Crippen molar-refractivity contribution in [3.05, 3.63) is 75.5 Å². The molecule has 4 rings (SSSR count). The number of ketones is 1. The monoisotopic (exact) mass is 485 g/mol. The SMILES string of the molecule is NS(=O)(=O)c1cccc(Nc2nc(SCC(=O)c3ccc([N+](=O)[O-])cc3)nc3c2CCC3)c1. The lowest BCUT2D eigenvalue weighted by Crippen LogP contribution is -2.12. The number of nitro benzene ring substituents is 1. The molecule has 1 aliphatic carbocycles. The Balaban J connectivity index is 1.53. The van der Waals surface area contributed by atoms with E-state index in [1.807, 2.05) is 0 Å². The van der Waals surface area contributed by atoms with Crippen LogP contribution in [0.15, 0.2) is 58.6 Å². The predicted octanol–water partition coefficient (Wildman–Crippen LogP) is 3.24. The van der Waals surface area contributed by atoms with E-state index in [1.54, 1.807) is 12.1 Å². The molecule has 0 spiro atoms. The van der Waals surface area contributed by atoms with Crippen molar-refractivity contribution >= 4 is 44.8 Å². The van der Waals surface area contributed by atoms with Crippen molar-refractivity contribution in [1.29, 1.82) is 0 Å². The van der Waals surface area contributed by atoms with Gasteiger partial charge in [0.2, 0.25) is 10.0 Å². The van der Waals surface area contributed by atoms with E-state index in [1.165, 1.54) is 48.2 Å². The van der Waals surface area contributed by atoms with Gasteiger partial charge in [-0.05, 0) is 49.6 Å². The van der Waals surface area contributed by atoms with E-state index in [9.17, 15) is 23.3 Å². The molecule has 12 heteroatoms. The van der Waals surface area contributed by atoms with Gasteiger partial charge in [-0.2, -0.15) is 0 Å². The lowest BCUT2D eigenvalue weighted by molar-refractivity contribution is -0.384. The molecule has 33 heavy (non-hydrogen) atoms. The third-order valence-electron chi connectivity index (χ3n) is 5.07. The number of nitro groups is 1. The Morgan fingerprint density at radius 3 is 2.61 bits per heavy atom. The fourth-order valence-corrected chi connectivity index (χ4v) is 4.76. The first-order chi connectivity index (χ1) is 15.7. The zero-order valence-corrected chi connectivity index (χ0v) is 18.9. The Morgan fingerprint density at radius 2 is 1.91 bits per heavy atom. The minimum Gasteiger partial charge on any atom is -0.340 e. The minimum absolute atomic E-state index is 0.0125. The smallest absolute Gasteiger partial charge is 0.269 e. The summed E-state index contributed by atoms with van der Waals surface area (Å²) in [7, 11) is -3.84. The molecule has 0 saturated carbocycles. The Hall–Kier alpha value is -3.35. The van der Waals surface area contributed by atoms with Crippen LogP contribution < -0.4 is 10.5 Å². The van der Waals surface area contributed by atoms with Crippen LogP contribution in [-0.4, -0.2) is 34.8 Å². The van der Waals surface area contributed by atoms with Crippen LogP contribution in [0.4, 0.5) is 17.2 Å². The molecule has 0 saturated heterocycles. The van der Waals surface area contributed by atoms with Gasteiger partial charge in [0.05, 0.1) is 21.3 Å². The first-order valence-corrected chi connectivity index (χ1v) is 12.4. The highest BCUT2D eigenvalue weighted by molar-refractivity contribution is 7.99. The molecule has 0 bridgehead atoms. The van der Waals surface area contributed by atoms with Crippen LogP contribution in [0.1, 0.15) is 28.0 Å². The topological polar surface area (TPSA) is 158 Å². The summed E-state index contributed by atoms with van der Waals surface area (Å²) < 4.78 is 23.3. The van der Waals surface area contributed by atoms with E-state index in [0.717, 1.165) is 30.5 Å². The second-order valence-corrected chi connectivity index (χ2v) is 9.85. The van der Waals surface area contributed by atoms with Gasteiger partial charge in [-0.1, -0.05) is 17.8 Å². The maximum absolute atomic E-state index is 12.5. The van der Waals surface area contributed by atoms with Crippen LogP contribution in [0.2, 0.25) is 0 Å². The first-order valence-electron chi connectivity index (χ1n) is 9.91. The summed E-state index contributed by atoms with van der Waals surface area (Å²) in [5.41, 5.74) is 2.66. The predicted molar refractivity (Wildman–Crippen MR) is 123 cm³/mol. The average Bonchev–Trinajstić information content (AvgIpc) is 3.26. The van der Waals surface area contributed by atoms with Crippen LogP contribution >= 0.6 is 11.8 Å². The summed E-state index contributed by atoms with van der Waals surface area (Å²) in [6, 6.07) is 11.6. The summed E-state index contributed by atoms with van der Waals surface area (Å²) in [6.07, 6.45) is 2.50. The number of thioether (sulfide) groups is 1. The highest BCUT2D eigenvalue weighted by atomic mass is 32.2. The second-order valence-electron chi connectivity index (χ2n) is 7.35. The molecule has 0 amide bonds. The Labute approximate surface area is 193 Å². The number of hydrogen-bond acceptors (Lipinski definition) is 9. The zero-order chi connectivity index (χ0) is 23.6. The Morgan fingerprint density at radius 1 is 1.15 bits per heavy atom. The summed E-state index contributed by atoms with van der Waals surface area (Å²) >= 11 is 1.17. The van der Waals surface area contributed by atoms with E-state index >= 15 is 0 Å². The maximum atomic E-state index is 12.5. The van der Waals surface area contributed by atoms with Gasteiger partial charge in [0.25, 0.3) is 5.69 Å². The van der Waals surface area contributed by atoms with Crippen LogP contribution in [0.25, 0.3) is 0 Å². The third-order valence-corrected chi connectivity index (χ3v) is 6.83. The molecule has 2 aromatic carbocycles. The van der Waals surface area contributed by atoms with Crippen LogP contribution in [0.5, 0.6) is 0 Å². The van der Waals surface area contributed by atoms with Crippen LogP contribution in [0, 0.1) is 10.1 Å². The molecular weight excluding hydrogens is 466 g/mol. The molecule has 10 nitrogen and oxygen atoms in total. The molecule has 0 fully saturated rings. The minimum atomic E-state index is -3.84. The van der Waals surface area contributed by atoms with Crippen LogP contribution in [-0.2, 0) is 22.9 Å². The number of nitrogens with one attached hydrogen (secondary N) is 1. The van der Waals surface area contributed by atoms with Gasteiger partial charge in [-0.15, -0.1) is 0 Å². The molecule has 0 radical (unpaired) electrons. The molecule has 3 N–H and O–H groups in total. The summed E-state index contributed by atoms with van der Waals surface area (Å²) in [4.78, 5) is 31.9. The summed E-state index contributed by atoms with van der Waals surface area (Å²) in [5.74, 6) is 0.431. The number of nitrogens with zero attached hydrogens (tertiary/aromatic N) is 3. The molecule has 0 aliphatic heterocycles. The number of carbonyl (C=O) groups is 1. The number of aryl methyl sites for hydroxylation is 1. The maximum Gasteiger partial charge on any atom is 0.269 e. The van der Waals surface area contributed by atoms with E-state index < -0.39 is 14.9 Å². The number of aromatic nitrogens is 2. The van der Waals surface area contributed by atoms with Crippen molar-refractivity contribution < 1.29 is 18.1 Å². The molecule has 1 aliphatic rings.